The predicted molar refractivity (Wildman–Crippen MR) is 37.6 cm³/mol. The van der Waals surface area contributed by atoms with Crippen LogP contribution >= 0.6 is 11.6 Å². The summed E-state index contributed by atoms with van der Waals surface area (Å²) in [4.78, 5) is 0. The van der Waals surface area contributed by atoms with E-state index in [1.807, 2.05) is 6.07 Å². The number of halogens is 1. The Morgan fingerprint density at radius 1 is 1.90 bits per heavy atom. The molecule has 10 heavy (non-hydrogen) atoms. The molecule has 0 atom stereocenters. The summed E-state index contributed by atoms with van der Waals surface area (Å²) >= 11 is 5.67. The van der Waals surface area contributed by atoms with Gasteiger partial charge in [0, 0.05) is 6.20 Å². The van der Waals surface area contributed by atoms with Crippen LogP contribution in [0.3, 0.4) is 0 Å². The molecule has 0 bridgehead atoms. The number of nitriles is 1. The Morgan fingerprint density at radius 2 is 2.60 bits per heavy atom. The van der Waals surface area contributed by atoms with Gasteiger partial charge in [0.15, 0.2) is 0 Å². The largest absolute Gasteiger partial charge is 0.257 e. The molecule has 0 spiro atoms. The van der Waals surface area contributed by atoms with Crippen molar-refractivity contribution < 1.29 is 0 Å². The van der Waals surface area contributed by atoms with Crippen molar-refractivity contribution in [2.45, 2.75) is 13.5 Å². The summed E-state index contributed by atoms with van der Waals surface area (Å²) in [6.45, 7) is 2.06. The average Bonchev–Trinajstić information content (AvgIpc) is 2.14. The van der Waals surface area contributed by atoms with Gasteiger partial charge in [-0.05, 0) is 6.92 Å². The van der Waals surface area contributed by atoms with Crippen LogP contribution in [-0.2, 0) is 6.54 Å². The first-order valence-electron chi connectivity index (χ1n) is 2.80. The lowest BCUT2D eigenvalue weighted by atomic mass is 10.5. The molecular formula is C6H6ClN3. The van der Waals surface area contributed by atoms with E-state index < -0.39 is 0 Å². The minimum atomic E-state index is 0.258. The van der Waals surface area contributed by atoms with Crippen LogP contribution in [0.25, 0.3) is 0 Å². The fourth-order valence-corrected chi connectivity index (χ4v) is 0.797. The van der Waals surface area contributed by atoms with Gasteiger partial charge in [-0.1, -0.05) is 11.6 Å². The molecule has 52 valence electrons. The summed E-state index contributed by atoms with van der Waals surface area (Å²) < 4.78 is 1.51. The lowest BCUT2D eigenvalue weighted by Gasteiger charge is -1.86. The molecule has 0 saturated heterocycles. The highest BCUT2D eigenvalue weighted by Crippen LogP contribution is 2.11. The Hall–Kier alpha value is -1.01. The Morgan fingerprint density at radius 3 is 3.00 bits per heavy atom. The lowest BCUT2D eigenvalue weighted by Crippen LogP contribution is -1.95. The van der Waals surface area contributed by atoms with Crippen molar-refractivity contribution in [2.24, 2.45) is 0 Å². The van der Waals surface area contributed by atoms with Gasteiger partial charge in [-0.2, -0.15) is 10.4 Å². The highest BCUT2D eigenvalue weighted by Gasteiger charge is 1.99. The van der Waals surface area contributed by atoms with E-state index in [0.29, 0.717) is 5.02 Å². The maximum absolute atomic E-state index is 8.27. The van der Waals surface area contributed by atoms with Crippen LogP contribution in [0.15, 0.2) is 6.20 Å². The van der Waals surface area contributed by atoms with Gasteiger partial charge in [-0.15, -0.1) is 0 Å². The monoisotopic (exact) mass is 155 g/mol. The van der Waals surface area contributed by atoms with E-state index in [0.717, 1.165) is 5.69 Å². The van der Waals surface area contributed by atoms with Crippen molar-refractivity contribution in [1.29, 1.82) is 5.26 Å². The Kier molecular flexibility index (Phi) is 1.93. The number of rotatable bonds is 1. The minimum absolute atomic E-state index is 0.258. The van der Waals surface area contributed by atoms with Crippen molar-refractivity contribution >= 4 is 11.6 Å². The molecule has 4 heteroatoms. The van der Waals surface area contributed by atoms with E-state index >= 15 is 0 Å². The van der Waals surface area contributed by atoms with Gasteiger partial charge in [0.1, 0.15) is 6.54 Å². The zero-order valence-corrected chi connectivity index (χ0v) is 6.26. The summed E-state index contributed by atoms with van der Waals surface area (Å²) in [6, 6.07) is 1.97. The van der Waals surface area contributed by atoms with Gasteiger partial charge >= 0.3 is 0 Å². The first kappa shape index (κ1) is 7.10. The number of aryl methyl sites for hydroxylation is 1. The third kappa shape index (κ3) is 1.28. The molecule has 1 rings (SSSR count). The second-order valence-electron chi connectivity index (χ2n) is 1.92. The van der Waals surface area contributed by atoms with Crippen LogP contribution in [-0.4, -0.2) is 9.78 Å². The quantitative estimate of drug-likeness (QED) is 0.615. The van der Waals surface area contributed by atoms with Crippen LogP contribution in [0.5, 0.6) is 0 Å². The Balaban J connectivity index is 2.90. The highest BCUT2D eigenvalue weighted by atomic mass is 35.5. The van der Waals surface area contributed by atoms with Crippen molar-refractivity contribution in [1.82, 2.24) is 9.78 Å². The third-order valence-electron chi connectivity index (χ3n) is 1.12. The molecule has 0 aliphatic carbocycles. The molecule has 0 unspecified atom stereocenters. The van der Waals surface area contributed by atoms with Gasteiger partial charge in [0.05, 0.1) is 16.8 Å². The van der Waals surface area contributed by atoms with E-state index in [-0.39, 0.29) is 6.54 Å². The van der Waals surface area contributed by atoms with E-state index in [4.69, 9.17) is 16.9 Å². The van der Waals surface area contributed by atoms with E-state index in [9.17, 15) is 0 Å². The zero-order chi connectivity index (χ0) is 7.56. The van der Waals surface area contributed by atoms with Crippen molar-refractivity contribution in [2.75, 3.05) is 0 Å². The molecule has 1 aromatic heterocycles. The lowest BCUT2D eigenvalue weighted by molar-refractivity contribution is 0.701. The average molecular weight is 156 g/mol. The van der Waals surface area contributed by atoms with Crippen LogP contribution in [0, 0.1) is 18.3 Å². The Bertz CT molecular complexity index is 252. The van der Waals surface area contributed by atoms with E-state index in [2.05, 4.69) is 5.10 Å². The van der Waals surface area contributed by atoms with Crippen molar-refractivity contribution in [3.63, 3.8) is 0 Å². The van der Waals surface area contributed by atoms with Crippen LogP contribution in [0.4, 0.5) is 0 Å². The normalized spacial score (nSPS) is 9.30. The van der Waals surface area contributed by atoms with Gasteiger partial charge in [0.25, 0.3) is 0 Å². The second-order valence-corrected chi connectivity index (χ2v) is 2.33. The van der Waals surface area contributed by atoms with Crippen LogP contribution < -0.4 is 0 Å². The molecule has 1 heterocycles. The molecule has 0 fully saturated rings. The predicted octanol–water partition coefficient (Wildman–Crippen LogP) is 1.37. The number of hydrogen-bond donors (Lipinski definition) is 0. The number of aromatic nitrogens is 2. The summed E-state index contributed by atoms with van der Waals surface area (Å²) in [5.74, 6) is 0. The summed E-state index contributed by atoms with van der Waals surface area (Å²) in [7, 11) is 0. The molecule has 0 radical (unpaired) electrons. The zero-order valence-electron chi connectivity index (χ0n) is 5.50. The maximum atomic E-state index is 8.27. The van der Waals surface area contributed by atoms with Crippen molar-refractivity contribution in [3.05, 3.63) is 16.9 Å². The fraction of sp³-hybridized carbons (Fsp3) is 0.333. The maximum Gasteiger partial charge on any atom is 0.128 e. The molecular weight excluding hydrogens is 150 g/mol. The van der Waals surface area contributed by atoms with Crippen LogP contribution in [0.1, 0.15) is 5.69 Å². The molecule has 0 aromatic carbocycles. The minimum Gasteiger partial charge on any atom is -0.257 e. The molecule has 0 aliphatic heterocycles. The molecule has 0 saturated carbocycles. The van der Waals surface area contributed by atoms with E-state index in [1.54, 1.807) is 13.1 Å². The summed E-state index contributed by atoms with van der Waals surface area (Å²) in [6.07, 6.45) is 1.64. The topological polar surface area (TPSA) is 41.6 Å². The smallest absolute Gasteiger partial charge is 0.128 e. The van der Waals surface area contributed by atoms with Gasteiger partial charge in [0.2, 0.25) is 0 Å². The van der Waals surface area contributed by atoms with E-state index in [1.165, 1.54) is 4.68 Å². The molecule has 0 N–H and O–H groups in total. The third-order valence-corrected chi connectivity index (χ3v) is 1.49. The molecule has 0 aliphatic rings. The summed E-state index contributed by atoms with van der Waals surface area (Å²) in [5.41, 5.74) is 0.761. The highest BCUT2D eigenvalue weighted by molar-refractivity contribution is 6.31. The SMILES string of the molecule is Cc1nn(CC#N)cc1Cl. The molecule has 1 aromatic rings. The number of nitrogens with zero attached hydrogens (tertiary/aromatic N) is 3. The van der Waals surface area contributed by atoms with Crippen molar-refractivity contribution in [3.8, 4) is 6.07 Å². The van der Waals surface area contributed by atoms with Gasteiger partial charge in [-0.25, -0.2) is 0 Å². The molecule has 0 amide bonds. The second kappa shape index (κ2) is 2.72. The summed E-state index contributed by atoms with van der Waals surface area (Å²) in [5, 5.41) is 12.8. The van der Waals surface area contributed by atoms with Gasteiger partial charge < -0.3 is 0 Å². The van der Waals surface area contributed by atoms with Gasteiger partial charge in [-0.3, -0.25) is 4.68 Å². The standard InChI is InChI=1S/C6H6ClN3/c1-5-6(7)4-10(9-5)3-2-8/h4H,3H2,1H3. The first-order chi connectivity index (χ1) is 4.74. The first-order valence-corrected chi connectivity index (χ1v) is 3.18. The Labute approximate surface area is 63.8 Å². The fourth-order valence-electron chi connectivity index (χ4n) is 0.647. The van der Waals surface area contributed by atoms with Crippen LogP contribution in [0.2, 0.25) is 5.02 Å². The number of hydrogen-bond acceptors (Lipinski definition) is 2. The molecule has 3 nitrogen and oxygen atoms in total.